The highest BCUT2D eigenvalue weighted by Crippen LogP contribution is 2.50. The zero-order chi connectivity index (χ0) is 19.1. The van der Waals surface area contributed by atoms with Crippen molar-refractivity contribution in [3.63, 3.8) is 0 Å². The first kappa shape index (κ1) is 17.4. The van der Waals surface area contributed by atoms with Crippen molar-refractivity contribution in [2.24, 2.45) is 0 Å². The van der Waals surface area contributed by atoms with Crippen LogP contribution in [0.15, 0.2) is 54.6 Å². The number of fused-ring (bicyclic) bond motifs is 2. The van der Waals surface area contributed by atoms with Crippen LogP contribution < -0.4 is 4.90 Å². The van der Waals surface area contributed by atoms with E-state index >= 15 is 0 Å². The number of benzene rings is 2. The molecule has 2 saturated heterocycles. The molecule has 3 heterocycles. The number of hydrogen-bond donors (Lipinski definition) is 0. The zero-order valence-electron chi connectivity index (χ0n) is 15.8. The van der Waals surface area contributed by atoms with E-state index in [1.54, 1.807) is 0 Å². The monoisotopic (exact) mass is 376 g/mol. The van der Waals surface area contributed by atoms with E-state index in [2.05, 4.69) is 6.07 Å². The van der Waals surface area contributed by atoms with Crippen molar-refractivity contribution in [2.45, 2.75) is 37.2 Å². The van der Waals surface area contributed by atoms with Gasteiger partial charge >= 0.3 is 0 Å². The fourth-order valence-electron chi connectivity index (χ4n) is 4.91. The van der Waals surface area contributed by atoms with Crippen molar-refractivity contribution < 1.29 is 14.3 Å². The molecule has 0 N–H and O–H groups in total. The van der Waals surface area contributed by atoms with E-state index in [-0.39, 0.29) is 17.9 Å². The normalized spacial score (nSPS) is 23.3. The molecular weight excluding hydrogens is 352 g/mol. The van der Waals surface area contributed by atoms with Crippen LogP contribution in [0, 0.1) is 0 Å². The van der Waals surface area contributed by atoms with Crippen molar-refractivity contribution >= 4 is 23.2 Å². The van der Waals surface area contributed by atoms with Gasteiger partial charge in [-0.2, -0.15) is 0 Å². The predicted octanol–water partition coefficient (Wildman–Crippen LogP) is 3.40. The van der Waals surface area contributed by atoms with Crippen LogP contribution in [-0.4, -0.2) is 42.5 Å². The number of likely N-dealkylation sites (tertiary alicyclic amines) is 1. The number of carbonyl (C=O) groups excluding carboxylic acids is 2. The SMILES string of the molecule is O=C([C@H]1CCCO1)N1CCC2(CC1)C(=O)N(c1ccccc1)c1ccccc12. The molecule has 3 aliphatic rings. The van der Waals surface area contributed by atoms with E-state index in [0.29, 0.717) is 32.5 Å². The van der Waals surface area contributed by atoms with Crippen LogP contribution in [0.3, 0.4) is 0 Å². The van der Waals surface area contributed by atoms with Crippen molar-refractivity contribution in [3.05, 3.63) is 60.2 Å². The summed E-state index contributed by atoms with van der Waals surface area (Å²) in [5.41, 5.74) is 2.42. The molecule has 5 nitrogen and oxygen atoms in total. The first-order valence-electron chi connectivity index (χ1n) is 10.1. The van der Waals surface area contributed by atoms with E-state index in [0.717, 1.165) is 29.8 Å². The lowest BCUT2D eigenvalue weighted by Gasteiger charge is -2.39. The number of rotatable bonds is 2. The summed E-state index contributed by atoms with van der Waals surface area (Å²) >= 11 is 0. The minimum absolute atomic E-state index is 0.0889. The van der Waals surface area contributed by atoms with Gasteiger partial charge in [-0.25, -0.2) is 0 Å². The van der Waals surface area contributed by atoms with E-state index in [9.17, 15) is 9.59 Å². The largest absolute Gasteiger partial charge is 0.368 e. The van der Waals surface area contributed by atoms with Gasteiger partial charge in [0.25, 0.3) is 5.91 Å². The molecule has 0 saturated carbocycles. The summed E-state index contributed by atoms with van der Waals surface area (Å²) in [6.45, 7) is 1.87. The van der Waals surface area contributed by atoms with Gasteiger partial charge in [-0.1, -0.05) is 36.4 Å². The summed E-state index contributed by atoms with van der Waals surface area (Å²) in [6, 6.07) is 17.9. The Labute approximate surface area is 164 Å². The molecule has 0 bridgehead atoms. The number of anilines is 2. The number of para-hydroxylation sites is 2. The van der Waals surface area contributed by atoms with Crippen LogP contribution in [0.25, 0.3) is 0 Å². The number of piperidine rings is 1. The molecule has 5 rings (SSSR count). The molecule has 2 amide bonds. The molecular formula is C23H24N2O3. The van der Waals surface area contributed by atoms with Gasteiger partial charge in [-0.15, -0.1) is 0 Å². The second-order valence-electron chi connectivity index (χ2n) is 7.90. The van der Waals surface area contributed by atoms with Crippen LogP contribution >= 0.6 is 0 Å². The molecule has 3 aliphatic heterocycles. The number of ether oxygens (including phenoxy) is 1. The Morgan fingerprint density at radius 3 is 2.43 bits per heavy atom. The number of hydrogen-bond acceptors (Lipinski definition) is 3. The van der Waals surface area contributed by atoms with Crippen LogP contribution in [0.2, 0.25) is 0 Å². The molecule has 5 heteroatoms. The first-order valence-corrected chi connectivity index (χ1v) is 10.1. The van der Waals surface area contributed by atoms with Gasteiger partial charge in [0.05, 0.1) is 11.1 Å². The smallest absolute Gasteiger partial charge is 0.251 e. The van der Waals surface area contributed by atoms with E-state index < -0.39 is 5.41 Å². The van der Waals surface area contributed by atoms with Crippen molar-refractivity contribution in [2.75, 3.05) is 24.6 Å². The minimum Gasteiger partial charge on any atom is -0.368 e. The molecule has 1 spiro atoms. The fraction of sp³-hybridized carbons (Fsp3) is 0.391. The lowest BCUT2D eigenvalue weighted by atomic mass is 9.73. The topological polar surface area (TPSA) is 49.9 Å². The van der Waals surface area contributed by atoms with Gasteiger partial charge in [0.2, 0.25) is 5.91 Å². The third kappa shape index (κ3) is 2.57. The predicted molar refractivity (Wildman–Crippen MR) is 106 cm³/mol. The molecule has 1 atom stereocenters. The minimum atomic E-state index is -0.542. The highest BCUT2D eigenvalue weighted by atomic mass is 16.5. The number of carbonyl (C=O) groups is 2. The Morgan fingerprint density at radius 1 is 1.00 bits per heavy atom. The maximum atomic E-state index is 13.7. The van der Waals surface area contributed by atoms with Crippen LogP contribution in [0.4, 0.5) is 11.4 Å². The Balaban J connectivity index is 1.44. The number of nitrogens with zero attached hydrogens (tertiary/aromatic N) is 2. The van der Waals surface area contributed by atoms with Crippen LogP contribution in [0.5, 0.6) is 0 Å². The van der Waals surface area contributed by atoms with Gasteiger partial charge in [0.15, 0.2) is 0 Å². The second kappa shape index (κ2) is 6.74. The maximum Gasteiger partial charge on any atom is 0.251 e. The number of amides is 2. The average Bonchev–Trinajstić information content (AvgIpc) is 3.36. The van der Waals surface area contributed by atoms with Crippen molar-refractivity contribution in [1.29, 1.82) is 0 Å². The highest BCUT2D eigenvalue weighted by Gasteiger charge is 2.53. The van der Waals surface area contributed by atoms with Crippen molar-refractivity contribution in [3.8, 4) is 0 Å². The Morgan fingerprint density at radius 2 is 1.71 bits per heavy atom. The Kier molecular flexibility index (Phi) is 4.20. The van der Waals surface area contributed by atoms with Gasteiger partial charge in [0.1, 0.15) is 6.10 Å². The fourth-order valence-corrected chi connectivity index (χ4v) is 4.91. The average molecular weight is 376 g/mol. The summed E-state index contributed by atoms with van der Waals surface area (Å²) in [7, 11) is 0. The van der Waals surface area contributed by atoms with Crippen molar-refractivity contribution in [1.82, 2.24) is 4.90 Å². The maximum absolute atomic E-state index is 13.7. The summed E-state index contributed by atoms with van der Waals surface area (Å²) in [5, 5.41) is 0. The molecule has 0 radical (unpaired) electrons. The Bertz CT molecular complexity index is 897. The summed E-state index contributed by atoms with van der Waals surface area (Å²) < 4.78 is 5.57. The molecule has 0 unspecified atom stereocenters. The molecule has 2 aromatic carbocycles. The molecule has 144 valence electrons. The van der Waals surface area contributed by atoms with Gasteiger partial charge in [-0.3, -0.25) is 14.5 Å². The van der Waals surface area contributed by atoms with Crippen LogP contribution in [0.1, 0.15) is 31.2 Å². The van der Waals surface area contributed by atoms with Gasteiger partial charge < -0.3 is 9.64 Å². The second-order valence-corrected chi connectivity index (χ2v) is 7.90. The van der Waals surface area contributed by atoms with Crippen LogP contribution in [-0.2, 0) is 19.7 Å². The summed E-state index contributed by atoms with van der Waals surface area (Å²) in [5.74, 6) is 0.218. The summed E-state index contributed by atoms with van der Waals surface area (Å²) in [6.07, 6.45) is 2.78. The molecule has 28 heavy (non-hydrogen) atoms. The molecule has 0 aliphatic carbocycles. The third-order valence-electron chi connectivity index (χ3n) is 6.42. The zero-order valence-corrected chi connectivity index (χ0v) is 15.8. The molecule has 2 fully saturated rings. The molecule has 2 aromatic rings. The van der Waals surface area contributed by atoms with Gasteiger partial charge in [-0.05, 0) is 49.4 Å². The Hall–Kier alpha value is -2.66. The van der Waals surface area contributed by atoms with E-state index in [1.165, 1.54) is 0 Å². The van der Waals surface area contributed by atoms with Gasteiger partial charge in [0, 0.05) is 25.4 Å². The third-order valence-corrected chi connectivity index (χ3v) is 6.42. The lowest BCUT2D eigenvalue weighted by molar-refractivity contribution is -0.144. The first-order chi connectivity index (χ1) is 13.7. The standard InChI is InChI=1S/C23H24N2O3/c26-21(20-11-6-16-28-20)24-14-12-23(13-15-24)18-9-4-5-10-19(18)25(22(23)27)17-7-2-1-3-8-17/h1-5,7-10,20H,6,11-16H2/t20-/m1/s1. The summed E-state index contributed by atoms with van der Waals surface area (Å²) in [4.78, 5) is 30.1. The molecule has 0 aromatic heterocycles. The highest BCUT2D eigenvalue weighted by molar-refractivity contribution is 6.13. The quantitative estimate of drug-likeness (QED) is 0.807. The van der Waals surface area contributed by atoms with E-state index in [1.807, 2.05) is 58.3 Å². The van der Waals surface area contributed by atoms with E-state index in [4.69, 9.17) is 4.74 Å². The lowest BCUT2D eigenvalue weighted by Crippen LogP contribution is -2.51.